The molecule has 0 aliphatic carbocycles. The monoisotopic (exact) mass is 378 g/mol. The highest BCUT2D eigenvalue weighted by Gasteiger charge is 2.03. The molecule has 0 saturated carbocycles. The van der Waals surface area contributed by atoms with Gasteiger partial charge in [0, 0.05) is 25.2 Å². The smallest absolute Gasteiger partial charge is 0.191 e. The molecule has 3 rings (SSSR count). The Kier molecular flexibility index (Phi) is 7.07. The predicted molar refractivity (Wildman–Crippen MR) is 113 cm³/mol. The van der Waals surface area contributed by atoms with Crippen LogP contribution in [-0.2, 0) is 6.42 Å². The van der Waals surface area contributed by atoms with E-state index in [1.807, 2.05) is 36.5 Å². The van der Waals surface area contributed by atoms with E-state index in [2.05, 4.69) is 44.9 Å². The topological polar surface area (TPSA) is 67.8 Å². The zero-order valence-corrected chi connectivity index (χ0v) is 16.3. The number of ether oxygens (including phenoxy) is 2. The zero-order chi connectivity index (χ0) is 19.6. The van der Waals surface area contributed by atoms with Gasteiger partial charge >= 0.3 is 0 Å². The lowest BCUT2D eigenvalue weighted by molar-refractivity contribution is 0.321. The molecule has 28 heavy (non-hydrogen) atoms. The number of aliphatic imine (C=N–C) groups is 1. The fourth-order valence-corrected chi connectivity index (χ4v) is 2.92. The third-order valence-electron chi connectivity index (χ3n) is 4.35. The Morgan fingerprint density at radius 3 is 2.50 bits per heavy atom. The SMILES string of the molecule is CN=C(NCCOc1ccc(OC)cc1)NCCc1cccc2cccnc12. The van der Waals surface area contributed by atoms with Crippen molar-refractivity contribution in [2.24, 2.45) is 4.99 Å². The Hall–Kier alpha value is -3.28. The van der Waals surface area contributed by atoms with E-state index < -0.39 is 0 Å². The second-order valence-corrected chi connectivity index (χ2v) is 6.19. The molecule has 0 aliphatic rings. The summed E-state index contributed by atoms with van der Waals surface area (Å²) in [5.74, 6) is 2.39. The summed E-state index contributed by atoms with van der Waals surface area (Å²) in [6, 6.07) is 17.9. The number of methoxy groups -OCH3 is 1. The maximum Gasteiger partial charge on any atom is 0.191 e. The molecule has 0 amide bonds. The number of rotatable bonds is 8. The number of pyridine rings is 1. The van der Waals surface area contributed by atoms with E-state index in [1.54, 1.807) is 14.2 Å². The molecular weight excluding hydrogens is 352 g/mol. The van der Waals surface area contributed by atoms with Crippen LogP contribution in [0.5, 0.6) is 11.5 Å². The minimum Gasteiger partial charge on any atom is -0.497 e. The lowest BCUT2D eigenvalue weighted by Crippen LogP contribution is -2.40. The number of nitrogens with one attached hydrogen (secondary N) is 2. The van der Waals surface area contributed by atoms with Crippen LogP contribution < -0.4 is 20.1 Å². The number of para-hydroxylation sites is 1. The van der Waals surface area contributed by atoms with Crippen LogP contribution >= 0.6 is 0 Å². The summed E-state index contributed by atoms with van der Waals surface area (Å²) in [6.07, 6.45) is 2.71. The van der Waals surface area contributed by atoms with Crippen LogP contribution in [0.15, 0.2) is 65.8 Å². The summed E-state index contributed by atoms with van der Waals surface area (Å²) in [5, 5.41) is 7.76. The standard InChI is InChI=1S/C22H26N4O2/c1-23-22(26-15-16-28-20-10-8-19(27-2)9-11-20)25-14-12-18-6-3-5-17-7-4-13-24-21(17)18/h3-11,13H,12,14-16H2,1-2H3,(H2,23,25,26). The molecule has 6 nitrogen and oxygen atoms in total. The Morgan fingerprint density at radius 2 is 1.71 bits per heavy atom. The van der Waals surface area contributed by atoms with Gasteiger partial charge in [0.25, 0.3) is 0 Å². The van der Waals surface area contributed by atoms with Gasteiger partial charge in [0.2, 0.25) is 0 Å². The predicted octanol–water partition coefficient (Wildman–Crippen LogP) is 3.03. The molecular formula is C22H26N4O2. The van der Waals surface area contributed by atoms with Gasteiger partial charge in [-0.05, 0) is 42.3 Å². The van der Waals surface area contributed by atoms with E-state index in [4.69, 9.17) is 9.47 Å². The lowest BCUT2D eigenvalue weighted by Gasteiger charge is -2.13. The minimum atomic E-state index is 0.542. The van der Waals surface area contributed by atoms with E-state index >= 15 is 0 Å². The Morgan fingerprint density at radius 1 is 0.964 bits per heavy atom. The highest BCUT2D eigenvalue weighted by Crippen LogP contribution is 2.17. The Bertz CT molecular complexity index is 905. The quantitative estimate of drug-likeness (QED) is 0.358. The van der Waals surface area contributed by atoms with Crippen LogP contribution in [0.25, 0.3) is 10.9 Å². The van der Waals surface area contributed by atoms with Gasteiger partial charge in [0.15, 0.2) is 5.96 Å². The largest absolute Gasteiger partial charge is 0.497 e. The van der Waals surface area contributed by atoms with Gasteiger partial charge in [-0.15, -0.1) is 0 Å². The van der Waals surface area contributed by atoms with E-state index in [9.17, 15) is 0 Å². The summed E-state index contributed by atoms with van der Waals surface area (Å²) in [7, 11) is 3.41. The number of fused-ring (bicyclic) bond motifs is 1. The van der Waals surface area contributed by atoms with Gasteiger partial charge < -0.3 is 20.1 Å². The summed E-state index contributed by atoms with van der Waals surface area (Å²) in [5.41, 5.74) is 2.28. The molecule has 0 fully saturated rings. The fourth-order valence-electron chi connectivity index (χ4n) is 2.92. The molecule has 2 aromatic carbocycles. The van der Waals surface area contributed by atoms with Gasteiger partial charge in [-0.2, -0.15) is 0 Å². The first-order valence-corrected chi connectivity index (χ1v) is 9.34. The molecule has 3 aromatic rings. The maximum absolute atomic E-state index is 5.71. The van der Waals surface area contributed by atoms with Crippen molar-refractivity contribution in [2.75, 3.05) is 33.9 Å². The summed E-state index contributed by atoms with van der Waals surface area (Å²) in [4.78, 5) is 8.76. The number of benzene rings is 2. The van der Waals surface area contributed by atoms with E-state index in [0.29, 0.717) is 13.2 Å². The number of aromatic nitrogens is 1. The molecule has 2 N–H and O–H groups in total. The highest BCUT2D eigenvalue weighted by molar-refractivity contribution is 5.82. The minimum absolute atomic E-state index is 0.542. The average Bonchev–Trinajstić information content (AvgIpc) is 2.76. The first kappa shape index (κ1) is 19.5. The maximum atomic E-state index is 5.71. The van der Waals surface area contributed by atoms with E-state index in [0.717, 1.165) is 41.3 Å². The molecule has 1 aromatic heterocycles. The molecule has 6 heteroatoms. The van der Waals surface area contributed by atoms with Gasteiger partial charge in [0.1, 0.15) is 18.1 Å². The number of guanidine groups is 1. The second-order valence-electron chi connectivity index (χ2n) is 6.19. The van der Waals surface area contributed by atoms with Crippen molar-refractivity contribution in [2.45, 2.75) is 6.42 Å². The van der Waals surface area contributed by atoms with Gasteiger partial charge in [-0.25, -0.2) is 0 Å². The average molecular weight is 378 g/mol. The highest BCUT2D eigenvalue weighted by atomic mass is 16.5. The van der Waals surface area contributed by atoms with Crippen LogP contribution in [0.4, 0.5) is 0 Å². The van der Waals surface area contributed by atoms with Gasteiger partial charge in [0.05, 0.1) is 19.2 Å². The van der Waals surface area contributed by atoms with E-state index in [1.165, 1.54) is 5.56 Å². The lowest BCUT2D eigenvalue weighted by atomic mass is 10.1. The number of nitrogens with zero attached hydrogens (tertiary/aromatic N) is 2. The van der Waals surface area contributed by atoms with Crippen LogP contribution in [0.1, 0.15) is 5.56 Å². The Balaban J connectivity index is 1.40. The van der Waals surface area contributed by atoms with E-state index in [-0.39, 0.29) is 0 Å². The molecule has 0 saturated heterocycles. The zero-order valence-electron chi connectivity index (χ0n) is 16.3. The third kappa shape index (κ3) is 5.36. The molecule has 0 bridgehead atoms. The van der Waals surface area contributed by atoms with Crippen molar-refractivity contribution in [3.8, 4) is 11.5 Å². The summed E-state index contributed by atoms with van der Waals surface area (Å²) >= 11 is 0. The Labute approximate surface area is 165 Å². The normalized spacial score (nSPS) is 11.3. The third-order valence-corrected chi connectivity index (χ3v) is 4.35. The van der Waals surface area contributed by atoms with Crippen LogP contribution in [0, 0.1) is 0 Å². The van der Waals surface area contributed by atoms with Crippen LogP contribution in [0.3, 0.4) is 0 Å². The van der Waals surface area contributed by atoms with Crippen molar-refractivity contribution in [3.05, 3.63) is 66.4 Å². The number of hydrogen-bond acceptors (Lipinski definition) is 4. The van der Waals surface area contributed by atoms with Crippen molar-refractivity contribution < 1.29 is 9.47 Å². The first-order valence-electron chi connectivity index (χ1n) is 9.34. The second kappa shape index (κ2) is 10.2. The van der Waals surface area contributed by atoms with Crippen LogP contribution in [0.2, 0.25) is 0 Å². The number of hydrogen-bond donors (Lipinski definition) is 2. The van der Waals surface area contributed by atoms with Gasteiger partial charge in [-0.3, -0.25) is 9.98 Å². The molecule has 0 radical (unpaired) electrons. The summed E-state index contributed by atoms with van der Waals surface area (Å²) in [6.45, 7) is 1.97. The van der Waals surface area contributed by atoms with Crippen LogP contribution in [-0.4, -0.2) is 44.8 Å². The summed E-state index contributed by atoms with van der Waals surface area (Å²) < 4.78 is 10.9. The molecule has 0 unspecified atom stereocenters. The molecule has 146 valence electrons. The molecule has 0 atom stereocenters. The first-order chi connectivity index (χ1) is 13.8. The van der Waals surface area contributed by atoms with Crippen molar-refractivity contribution in [3.63, 3.8) is 0 Å². The van der Waals surface area contributed by atoms with Crippen molar-refractivity contribution in [1.82, 2.24) is 15.6 Å². The van der Waals surface area contributed by atoms with Crippen molar-refractivity contribution in [1.29, 1.82) is 0 Å². The molecule has 0 spiro atoms. The van der Waals surface area contributed by atoms with Gasteiger partial charge in [-0.1, -0.05) is 24.3 Å². The molecule has 0 aliphatic heterocycles. The fraction of sp³-hybridized carbons (Fsp3) is 0.273. The van der Waals surface area contributed by atoms with Crippen molar-refractivity contribution >= 4 is 16.9 Å². The molecule has 1 heterocycles.